The molecule has 0 saturated carbocycles. The van der Waals surface area contributed by atoms with E-state index in [-0.39, 0.29) is 12.5 Å². The van der Waals surface area contributed by atoms with Crippen LogP contribution in [0.25, 0.3) is 10.9 Å². The van der Waals surface area contributed by atoms with Crippen molar-refractivity contribution in [1.82, 2.24) is 4.98 Å². The van der Waals surface area contributed by atoms with Crippen LogP contribution in [-0.2, 0) is 0 Å². The summed E-state index contributed by atoms with van der Waals surface area (Å²) in [5.41, 5.74) is 1.83. The Morgan fingerprint density at radius 3 is 2.67 bits per heavy atom. The summed E-state index contributed by atoms with van der Waals surface area (Å²) in [7, 11) is 0. The third-order valence-electron chi connectivity index (χ3n) is 2.57. The number of halogens is 2. The molecule has 1 unspecified atom stereocenters. The molecule has 2 nitrogen and oxygen atoms in total. The second-order valence-electron chi connectivity index (χ2n) is 3.61. The Kier molecular flexibility index (Phi) is 2.91. The number of aliphatic hydroxyl groups is 1. The van der Waals surface area contributed by atoms with Crippen LogP contribution in [0.4, 0.5) is 0 Å². The molecule has 0 radical (unpaired) electrons. The van der Waals surface area contributed by atoms with Gasteiger partial charge in [0, 0.05) is 24.1 Å². The smallest absolute Gasteiger partial charge is 0.0661 e. The second kappa shape index (κ2) is 4.05. The van der Waals surface area contributed by atoms with Gasteiger partial charge in [0.2, 0.25) is 0 Å². The average molecular weight is 244 g/mol. The van der Waals surface area contributed by atoms with Gasteiger partial charge in [-0.2, -0.15) is 0 Å². The molecule has 0 amide bonds. The number of aliphatic hydroxyl groups excluding tert-OH is 1. The highest BCUT2D eigenvalue weighted by molar-refractivity contribution is 6.40. The van der Waals surface area contributed by atoms with E-state index in [4.69, 9.17) is 28.3 Å². The van der Waals surface area contributed by atoms with Gasteiger partial charge in [0.1, 0.15) is 0 Å². The Labute approximate surface area is 97.8 Å². The molecule has 0 spiro atoms. The summed E-state index contributed by atoms with van der Waals surface area (Å²) in [4.78, 5) is 3.08. The van der Waals surface area contributed by atoms with Crippen molar-refractivity contribution >= 4 is 34.1 Å². The standard InChI is InChI=1S/C11H11Cl2NO/c1-6(5-15)7-4-14-11-9(13)3-2-8(12)10(7)11/h2-4,6,14-15H,5H2,1H3. The molecular weight excluding hydrogens is 233 g/mol. The van der Waals surface area contributed by atoms with E-state index in [2.05, 4.69) is 4.98 Å². The molecule has 2 aromatic rings. The third kappa shape index (κ3) is 1.73. The van der Waals surface area contributed by atoms with Crippen molar-refractivity contribution in [3.05, 3.63) is 33.9 Å². The lowest BCUT2D eigenvalue weighted by molar-refractivity contribution is 0.273. The Balaban J connectivity index is 2.73. The summed E-state index contributed by atoms with van der Waals surface area (Å²) < 4.78 is 0. The molecule has 15 heavy (non-hydrogen) atoms. The van der Waals surface area contributed by atoms with Crippen molar-refractivity contribution in [3.63, 3.8) is 0 Å². The van der Waals surface area contributed by atoms with Gasteiger partial charge in [0.15, 0.2) is 0 Å². The van der Waals surface area contributed by atoms with Crippen LogP contribution in [0.3, 0.4) is 0 Å². The number of fused-ring (bicyclic) bond motifs is 1. The van der Waals surface area contributed by atoms with Crippen LogP contribution < -0.4 is 0 Å². The molecule has 1 aromatic heterocycles. The quantitative estimate of drug-likeness (QED) is 0.832. The maximum absolute atomic E-state index is 9.14. The van der Waals surface area contributed by atoms with E-state index in [1.165, 1.54) is 0 Å². The second-order valence-corrected chi connectivity index (χ2v) is 4.42. The number of aromatic amines is 1. The van der Waals surface area contributed by atoms with E-state index < -0.39 is 0 Å². The summed E-state index contributed by atoms with van der Waals surface area (Å²) in [6, 6.07) is 3.53. The zero-order chi connectivity index (χ0) is 11.0. The summed E-state index contributed by atoms with van der Waals surface area (Å²) >= 11 is 12.2. The minimum atomic E-state index is 0.0507. The van der Waals surface area contributed by atoms with E-state index >= 15 is 0 Å². The number of H-pyrrole nitrogens is 1. The molecule has 0 bridgehead atoms. The molecule has 2 rings (SSSR count). The average Bonchev–Trinajstić information content (AvgIpc) is 2.68. The van der Waals surface area contributed by atoms with Gasteiger partial charge >= 0.3 is 0 Å². The molecule has 0 aliphatic heterocycles. The monoisotopic (exact) mass is 243 g/mol. The molecule has 0 saturated heterocycles. The molecule has 1 atom stereocenters. The predicted molar refractivity (Wildman–Crippen MR) is 63.8 cm³/mol. The first-order valence-electron chi connectivity index (χ1n) is 4.71. The van der Waals surface area contributed by atoms with Crippen LogP contribution >= 0.6 is 23.2 Å². The minimum Gasteiger partial charge on any atom is -0.396 e. The Morgan fingerprint density at radius 2 is 2.00 bits per heavy atom. The first-order valence-corrected chi connectivity index (χ1v) is 5.46. The first-order chi connectivity index (χ1) is 7.15. The van der Waals surface area contributed by atoms with Gasteiger partial charge in [-0.15, -0.1) is 0 Å². The molecule has 2 N–H and O–H groups in total. The highest BCUT2D eigenvalue weighted by atomic mass is 35.5. The largest absolute Gasteiger partial charge is 0.396 e. The number of aromatic nitrogens is 1. The van der Waals surface area contributed by atoms with Gasteiger partial charge in [-0.1, -0.05) is 30.1 Å². The summed E-state index contributed by atoms with van der Waals surface area (Å²) in [5.74, 6) is 0.0507. The highest BCUT2D eigenvalue weighted by Crippen LogP contribution is 2.34. The van der Waals surface area contributed by atoms with Crippen LogP contribution in [0.2, 0.25) is 10.0 Å². The zero-order valence-corrected chi connectivity index (χ0v) is 9.73. The van der Waals surface area contributed by atoms with Crippen molar-refractivity contribution < 1.29 is 5.11 Å². The number of rotatable bonds is 2. The van der Waals surface area contributed by atoms with Gasteiger partial charge in [-0.05, 0) is 17.7 Å². The van der Waals surface area contributed by atoms with Gasteiger partial charge in [0.25, 0.3) is 0 Å². The number of hydrogen-bond donors (Lipinski definition) is 2. The number of nitrogens with one attached hydrogen (secondary N) is 1. The minimum absolute atomic E-state index is 0.0507. The van der Waals surface area contributed by atoms with E-state index in [9.17, 15) is 0 Å². The van der Waals surface area contributed by atoms with Crippen molar-refractivity contribution in [2.75, 3.05) is 6.61 Å². The van der Waals surface area contributed by atoms with E-state index in [0.29, 0.717) is 10.0 Å². The van der Waals surface area contributed by atoms with Gasteiger partial charge < -0.3 is 10.1 Å². The summed E-state index contributed by atoms with van der Waals surface area (Å²) in [6.07, 6.45) is 1.85. The lowest BCUT2D eigenvalue weighted by Gasteiger charge is -2.07. The highest BCUT2D eigenvalue weighted by Gasteiger charge is 2.14. The molecule has 4 heteroatoms. The lowest BCUT2D eigenvalue weighted by Crippen LogP contribution is -1.97. The molecule has 80 valence electrons. The third-order valence-corrected chi connectivity index (χ3v) is 3.20. The van der Waals surface area contributed by atoms with Crippen molar-refractivity contribution in [3.8, 4) is 0 Å². The normalized spacial score (nSPS) is 13.3. The first kappa shape index (κ1) is 10.8. The van der Waals surface area contributed by atoms with Crippen LogP contribution in [0.1, 0.15) is 18.4 Å². The fraction of sp³-hybridized carbons (Fsp3) is 0.273. The zero-order valence-electron chi connectivity index (χ0n) is 8.22. The van der Waals surface area contributed by atoms with Crippen LogP contribution in [0.15, 0.2) is 18.3 Å². The van der Waals surface area contributed by atoms with Crippen molar-refractivity contribution in [2.45, 2.75) is 12.8 Å². The van der Waals surface area contributed by atoms with Crippen molar-refractivity contribution in [1.29, 1.82) is 0 Å². The molecule has 0 fully saturated rings. The number of hydrogen-bond acceptors (Lipinski definition) is 1. The van der Waals surface area contributed by atoms with Crippen molar-refractivity contribution in [2.24, 2.45) is 0 Å². The Morgan fingerprint density at radius 1 is 1.33 bits per heavy atom. The molecule has 0 aliphatic carbocycles. The summed E-state index contributed by atoms with van der Waals surface area (Å²) in [5, 5.41) is 11.3. The van der Waals surface area contributed by atoms with E-state index in [1.54, 1.807) is 12.1 Å². The lowest BCUT2D eigenvalue weighted by atomic mass is 10.0. The summed E-state index contributed by atoms with van der Waals surface area (Å²) in [6.45, 7) is 2.04. The number of benzene rings is 1. The van der Waals surface area contributed by atoms with Gasteiger partial charge in [0.05, 0.1) is 15.6 Å². The SMILES string of the molecule is CC(CO)c1c[nH]c2c(Cl)ccc(Cl)c12. The molecule has 1 aromatic carbocycles. The fourth-order valence-electron chi connectivity index (χ4n) is 1.68. The fourth-order valence-corrected chi connectivity index (χ4v) is 2.16. The van der Waals surface area contributed by atoms with Gasteiger partial charge in [-0.3, -0.25) is 0 Å². The van der Waals surface area contributed by atoms with Crippen LogP contribution in [0.5, 0.6) is 0 Å². The molecule has 0 aliphatic rings. The van der Waals surface area contributed by atoms with Crippen LogP contribution in [-0.4, -0.2) is 16.7 Å². The Bertz CT molecular complexity index is 493. The van der Waals surface area contributed by atoms with Gasteiger partial charge in [-0.25, -0.2) is 0 Å². The van der Waals surface area contributed by atoms with E-state index in [0.717, 1.165) is 16.5 Å². The molecular formula is C11H11Cl2NO. The maximum atomic E-state index is 9.14. The topological polar surface area (TPSA) is 36.0 Å². The molecule has 1 heterocycles. The van der Waals surface area contributed by atoms with E-state index in [1.807, 2.05) is 13.1 Å². The van der Waals surface area contributed by atoms with Crippen LogP contribution in [0, 0.1) is 0 Å². The predicted octanol–water partition coefficient (Wildman–Crippen LogP) is 3.57. The Hall–Kier alpha value is -0.700. The maximum Gasteiger partial charge on any atom is 0.0661 e.